The van der Waals surface area contributed by atoms with Crippen LogP contribution >= 0.6 is 0 Å². The molecule has 25 heavy (non-hydrogen) atoms. The van der Waals surface area contributed by atoms with Crippen LogP contribution in [0.4, 0.5) is 0 Å². The summed E-state index contributed by atoms with van der Waals surface area (Å²) in [6, 6.07) is 20.0. The molecule has 2 aromatic carbocycles. The number of benzene rings is 2. The van der Waals surface area contributed by atoms with Crippen molar-refractivity contribution in [3.8, 4) is 6.07 Å². The van der Waals surface area contributed by atoms with Gasteiger partial charge in [0.05, 0.1) is 6.07 Å². The average molecular weight is 335 g/mol. The fourth-order valence-corrected chi connectivity index (χ4v) is 2.50. The first-order valence-electron chi connectivity index (χ1n) is 8.25. The highest BCUT2D eigenvalue weighted by Gasteiger charge is 2.20. The zero-order valence-electron chi connectivity index (χ0n) is 13.9. The van der Waals surface area contributed by atoms with E-state index in [1.807, 2.05) is 42.5 Å². The third-order valence-corrected chi connectivity index (χ3v) is 3.80. The standard InChI is InChI=1S/C20H21N3O2/c21-14-15-22-20(25)18(13-7-10-16-8-3-1-4-9-16)23-19(24)17-11-5-2-6-12-17/h1-6,8-9,11-12,18H,7,10,13,15H2,(H,22,25)(H,23,24)/t18-/m0/s1. The van der Waals surface area contributed by atoms with Crippen molar-refractivity contribution in [3.63, 3.8) is 0 Å². The maximum Gasteiger partial charge on any atom is 0.251 e. The molecule has 0 saturated carbocycles. The van der Waals surface area contributed by atoms with Gasteiger partial charge in [-0.3, -0.25) is 9.59 Å². The van der Waals surface area contributed by atoms with Gasteiger partial charge < -0.3 is 10.6 Å². The minimum Gasteiger partial charge on any atom is -0.341 e. The summed E-state index contributed by atoms with van der Waals surface area (Å²) in [5.41, 5.74) is 1.69. The fraction of sp³-hybridized carbons (Fsp3) is 0.250. The predicted molar refractivity (Wildman–Crippen MR) is 95.7 cm³/mol. The Hall–Kier alpha value is -3.13. The van der Waals surface area contributed by atoms with E-state index in [9.17, 15) is 9.59 Å². The third-order valence-electron chi connectivity index (χ3n) is 3.80. The molecular formula is C20H21N3O2. The van der Waals surface area contributed by atoms with Gasteiger partial charge in [-0.05, 0) is 37.0 Å². The van der Waals surface area contributed by atoms with Crippen LogP contribution in [0.1, 0.15) is 28.8 Å². The Bertz CT molecular complexity index is 724. The van der Waals surface area contributed by atoms with Crippen LogP contribution in [0.2, 0.25) is 0 Å². The van der Waals surface area contributed by atoms with E-state index in [0.717, 1.165) is 12.8 Å². The maximum absolute atomic E-state index is 12.3. The minimum atomic E-state index is -0.662. The number of hydrogen-bond acceptors (Lipinski definition) is 3. The van der Waals surface area contributed by atoms with Crippen molar-refractivity contribution >= 4 is 11.8 Å². The van der Waals surface area contributed by atoms with Crippen LogP contribution < -0.4 is 10.6 Å². The number of nitrogens with zero attached hydrogens (tertiary/aromatic N) is 1. The Morgan fingerprint density at radius 1 is 1.00 bits per heavy atom. The zero-order chi connectivity index (χ0) is 17.9. The fourth-order valence-electron chi connectivity index (χ4n) is 2.50. The van der Waals surface area contributed by atoms with Crippen LogP contribution in [0.25, 0.3) is 0 Å². The van der Waals surface area contributed by atoms with Gasteiger partial charge in [0.2, 0.25) is 5.91 Å². The van der Waals surface area contributed by atoms with Gasteiger partial charge in [-0.25, -0.2) is 0 Å². The first kappa shape index (κ1) is 18.2. The number of aryl methyl sites for hydroxylation is 1. The molecule has 2 N–H and O–H groups in total. The van der Waals surface area contributed by atoms with Crippen LogP contribution in [0.5, 0.6) is 0 Å². The number of hydrogen-bond donors (Lipinski definition) is 2. The van der Waals surface area contributed by atoms with E-state index in [1.54, 1.807) is 24.3 Å². The van der Waals surface area contributed by atoms with Crippen molar-refractivity contribution in [2.75, 3.05) is 6.54 Å². The number of carbonyl (C=O) groups is 2. The van der Waals surface area contributed by atoms with Gasteiger partial charge in [-0.1, -0.05) is 48.5 Å². The topological polar surface area (TPSA) is 82.0 Å². The first-order valence-corrected chi connectivity index (χ1v) is 8.25. The Balaban J connectivity index is 1.96. The lowest BCUT2D eigenvalue weighted by Gasteiger charge is -2.18. The van der Waals surface area contributed by atoms with Gasteiger partial charge in [0.25, 0.3) is 5.91 Å². The van der Waals surface area contributed by atoms with E-state index in [1.165, 1.54) is 5.56 Å². The summed E-state index contributed by atoms with van der Waals surface area (Å²) in [5, 5.41) is 13.9. The van der Waals surface area contributed by atoms with Crippen LogP contribution in [0.3, 0.4) is 0 Å². The third kappa shape index (κ3) is 6.11. The Kier molecular flexibility index (Phi) is 7.20. The van der Waals surface area contributed by atoms with Crippen molar-refractivity contribution in [3.05, 3.63) is 71.8 Å². The lowest BCUT2D eigenvalue weighted by molar-refractivity contribution is -0.122. The summed E-state index contributed by atoms with van der Waals surface area (Å²) in [5.74, 6) is -0.628. The molecule has 1 atom stereocenters. The van der Waals surface area contributed by atoms with Crippen molar-refractivity contribution in [2.24, 2.45) is 0 Å². The second-order valence-corrected chi connectivity index (χ2v) is 5.65. The van der Waals surface area contributed by atoms with E-state index >= 15 is 0 Å². The molecule has 0 unspecified atom stereocenters. The highest BCUT2D eigenvalue weighted by Crippen LogP contribution is 2.08. The molecule has 0 aromatic heterocycles. The first-order chi connectivity index (χ1) is 12.2. The van der Waals surface area contributed by atoms with E-state index in [4.69, 9.17) is 5.26 Å². The molecule has 2 amide bonds. The van der Waals surface area contributed by atoms with Gasteiger partial charge in [0.1, 0.15) is 12.6 Å². The van der Waals surface area contributed by atoms with E-state index < -0.39 is 6.04 Å². The summed E-state index contributed by atoms with van der Waals surface area (Å²) in [4.78, 5) is 24.5. The van der Waals surface area contributed by atoms with Gasteiger partial charge in [0, 0.05) is 5.56 Å². The Labute approximate surface area is 147 Å². The summed E-state index contributed by atoms with van der Waals surface area (Å²) in [6.45, 7) is -0.0742. The molecule has 0 aliphatic rings. The normalized spacial score (nSPS) is 11.2. The average Bonchev–Trinajstić information content (AvgIpc) is 2.66. The number of amides is 2. The van der Waals surface area contributed by atoms with Crippen molar-refractivity contribution < 1.29 is 9.59 Å². The van der Waals surface area contributed by atoms with Crippen LogP contribution in [0.15, 0.2) is 60.7 Å². The predicted octanol–water partition coefficient (Wildman–Crippen LogP) is 2.45. The molecule has 0 bridgehead atoms. The second-order valence-electron chi connectivity index (χ2n) is 5.65. The smallest absolute Gasteiger partial charge is 0.251 e. The highest BCUT2D eigenvalue weighted by molar-refractivity contribution is 5.97. The zero-order valence-corrected chi connectivity index (χ0v) is 13.9. The van der Waals surface area contributed by atoms with Gasteiger partial charge >= 0.3 is 0 Å². The molecule has 0 heterocycles. The monoisotopic (exact) mass is 335 g/mol. The van der Waals surface area contributed by atoms with Crippen molar-refractivity contribution in [1.29, 1.82) is 5.26 Å². The summed E-state index contributed by atoms with van der Waals surface area (Å²) in [7, 11) is 0. The Morgan fingerprint density at radius 2 is 1.64 bits per heavy atom. The lowest BCUT2D eigenvalue weighted by atomic mass is 10.0. The number of rotatable bonds is 8. The van der Waals surface area contributed by atoms with Crippen LogP contribution in [-0.2, 0) is 11.2 Å². The molecule has 5 heteroatoms. The molecule has 5 nitrogen and oxygen atoms in total. The quantitative estimate of drug-likeness (QED) is 0.727. The van der Waals surface area contributed by atoms with Gasteiger partial charge in [0.15, 0.2) is 0 Å². The second kappa shape index (κ2) is 9.89. The largest absolute Gasteiger partial charge is 0.341 e. The molecule has 0 aliphatic heterocycles. The minimum absolute atomic E-state index is 0.0742. The molecule has 0 radical (unpaired) electrons. The summed E-state index contributed by atoms with van der Waals surface area (Å²) in [6.07, 6.45) is 2.08. The van der Waals surface area contributed by atoms with Crippen LogP contribution in [0, 0.1) is 11.3 Å². The molecule has 2 rings (SSSR count). The van der Waals surface area contributed by atoms with Crippen molar-refractivity contribution in [1.82, 2.24) is 10.6 Å². The number of carbonyl (C=O) groups excluding carboxylic acids is 2. The summed E-state index contributed by atoms with van der Waals surface area (Å²) < 4.78 is 0. The van der Waals surface area contributed by atoms with E-state index in [-0.39, 0.29) is 18.4 Å². The van der Waals surface area contributed by atoms with Crippen molar-refractivity contribution in [2.45, 2.75) is 25.3 Å². The van der Waals surface area contributed by atoms with Gasteiger partial charge in [-0.15, -0.1) is 0 Å². The lowest BCUT2D eigenvalue weighted by Crippen LogP contribution is -2.46. The molecule has 0 aliphatic carbocycles. The molecule has 2 aromatic rings. The van der Waals surface area contributed by atoms with Crippen LogP contribution in [-0.4, -0.2) is 24.4 Å². The Morgan fingerprint density at radius 3 is 2.28 bits per heavy atom. The maximum atomic E-state index is 12.3. The molecule has 0 fully saturated rings. The number of nitriles is 1. The molecule has 128 valence electrons. The van der Waals surface area contributed by atoms with E-state index in [2.05, 4.69) is 10.6 Å². The molecular weight excluding hydrogens is 314 g/mol. The SMILES string of the molecule is N#CCNC(=O)[C@H](CCCc1ccccc1)NC(=O)c1ccccc1. The number of nitrogens with one attached hydrogen (secondary N) is 2. The van der Waals surface area contributed by atoms with E-state index in [0.29, 0.717) is 12.0 Å². The van der Waals surface area contributed by atoms with Gasteiger partial charge in [-0.2, -0.15) is 5.26 Å². The molecule has 0 spiro atoms. The molecule has 0 saturated heterocycles. The highest BCUT2D eigenvalue weighted by atomic mass is 16.2. The summed E-state index contributed by atoms with van der Waals surface area (Å²) >= 11 is 0.